The van der Waals surface area contributed by atoms with Crippen LogP contribution in [0.4, 0.5) is 0 Å². The molecule has 0 radical (unpaired) electrons. The van der Waals surface area contributed by atoms with E-state index in [9.17, 15) is 9.90 Å². The van der Waals surface area contributed by atoms with Gasteiger partial charge in [0.15, 0.2) is 0 Å². The largest absolute Gasteiger partial charge is 0.388 e. The first kappa shape index (κ1) is 19.0. The van der Waals surface area contributed by atoms with Gasteiger partial charge in [-0.1, -0.05) is 11.6 Å². The fraction of sp³-hybridized carbons (Fsp3) is 0.476. The molecule has 0 spiro atoms. The number of aryl methyl sites for hydroxylation is 1. The molecule has 8 heteroatoms. The number of carbonyl (C=O) groups excluding carboxylic acids is 1. The Morgan fingerprint density at radius 2 is 2.14 bits per heavy atom. The van der Waals surface area contributed by atoms with Crippen LogP contribution < -0.4 is 0 Å². The number of hydrogen-bond acceptors (Lipinski definition) is 5. The predicted octanol–water partition coefficient (Wildman–Crippen LogP) is 4.35. The molecule has 1 aliphatic heterocycles. The van der Waals surface area contributed by atoms with Crippen LogP contribution in [-0.2, 0) is 0 Å². The van der Waals surface area contributed by atoms with Crippen molar-refractivity contribution in [2.75, 3.05) is 13.1 Å². The molecule has 2 aromatic heterocycles. The molecule has 0 bridgehead atoms. The van der Waals surface area contributed by atoms with Gasteiger partial charge in [-0.05, 0) is 50.7 Å². The molecule has 29 heavy (non-hydrogen) atoms. The number of aliphatic hydroxyl groups is 1. The van der Waals surface area contributed by atoms with Gasteiger partial charge in [-0.25, -0.2) is 4.98 Å². The lowest BCUT2D eigenvalue weighted by Crippen LogP contribution is -2.41. The first-order valence-electron chi connectivity index (χ1n) is 10.00. The van der Waals surface area contributed by atoms with E-state index in [1.54, 1.807) is 6.20 Å². The number of piperidine rings is 1. The van der Waals surface area contributed by atoms with E-state index in [0.29, 0.717) is 29.7 Å². The Kier molecular flexibility index (Phi) is 4.64. The van der Waals surface area contributed by atoms with Gasteiger partial charge in [0, 0.05) is 39.9 Å². The third kappa shape index (κ3) is 3.25. The highest BCUT2D eigenvalue weighted by atomic mass is 35.5. The first-order chi connectivity index (χ1) is 14.0. The molecule has 1 saturated heterocycles. The zero-order valence-electron chi connectivity index (χ0n) is 16.2. The molecule has 3 aromatic rings. The number of fused-ring (bicyclic) bond motifs is 1. The average Bonchev–Trinajstić information content (AvgIpc) is 3.20. The van der Waals surface area contributed by atoms with E-state index in [1.807, 2.05) is 29.3 Å². The van der Waals surface area contributed by atoms with Crippen molar-refractivity contribution in [3.05, 3.63) is 45.0 Å². The number of nitrogens with one attached hydrogen (secondary N) is 1. The molecule has 2 N–H and O–H groups in total. The Hall–Kier alpha value is -1.96. The monoisotopic (exact) mass is 430 g/mol. The van der Waals surface area contributed by atoms with E-state index < -0.39 is 6.10 Å². The first-order valence-corrected chi connectivity index (χ1v) is 11.3. The van der Waals surface area contributed by atoms with Crippen LogP contribution in [0.15, 0.2) is 23.7 Å². The third-order valence-corrected chi connectivity index (χ3v) is 7.64. The molecule has 1 aromatic carbocycles. The lowest BCUT2D eigenvalue weighted by atomic mass is 9.75. The highest BCUT2D eigenvalue weighted by molar-refractivity contribution is 7.09. The molecular formula is C21H23ClN4O2S. The van der Waals surface area contributed by atoms with Gasteiger partial charge in [-0.3, -0.25) is 9.89 Å². The number of rotatable bonds is 4. The molecule has 2 aliphatic rings. The maximum Gasteiger partial charge on any atom is 0.273 e. The molecule has 152 valence electrons. The van der Waals surface area contributed by atoms with E-state index in [0.717, 1.165) is 47.2 Å². The van der Waals surface area contributed by atoms with Gasteiger partial charge in [0.25, 0.3) is 5.91 Å². The number of aromatic nitrogens is 3. The number of aromatic amines is 1. The second-order valence-corrected chi connectivity index (χ2v) is 9.78. The lowest BCUT2D eigenvalue weighted by Gasteiger charge is -2.38. The minimum absolute atomic E-state index is 0.0206. The summed E-state index contributed by atoms with van der Waals surface area (Å²) in [5, 5.41) is 22.8. The minimum Gasteiger partial charge on any atom is -0.388 e. The summed E-state index contributed by atoms with van der Waals surface area (Å²) in [4.78, 5) is 18.9. The standard InChI is InChI=1S/C21H23ClN4O2S/c1-12-24-17(11-29-12)20(28)26-6-2-14(3-7-26)21(4-5-21)19(27)16-9-15(22)8-13-10-23-25-18(13)16/h8-11,14,19,27H,2-7H2,1H3,(H,23,25). The van der Waals surface area contributed by atoms with Gasteiger partial charge in [0.1, 0.15) is 5.69 Å². The summed E-state index contributed by atoms with van der Waals surface area (Å²) in [5.74, 6) is 0.405. The van der Waals surface area contributed by atoms with Crippen LogP contribution in [0.2, 0.25) is 5.02 Å². The van der Waals surface area contributed by atoms with Gasteiger partial charge in [-0.15, -0.1) is 11.3 Å². The Balaban J connectivity index is 1.33. The quantitative estimate of drug-likeness (QED) is 0.644. The number of nitrogens with zero attached hydrogens (tertiary/aromatic N) is 3. The van der Waals surface area contributed by atoms with Crippen LogP contribution >= 0.6 is 22.9 Å². The number of carbonyl (C=O) groups is 1. The smallest absolute Gasteiger partial charge is 0.273 e. The molecule has 3 heterocycles. The zero-order valence-corrected chi connectivity index (χ0v) is 17.8. The van der Waals surface area contributed by atoms with Crippen LogP contribution in [0.25, 0.3) is 10.9 Å². The number of H-pyrrole nitrogens is 1. The second-order valence-electron chi connectivity index (χ2n) is 8.28. The number of aliphatic hydroxyl groups excluding tert-OH is 1. The molecule has 5 rings (SSSR count). The summed E-state index contributed by atoms with van der Waals surface area (Å²) in [7, 11) is 0. The SMILES string of the molecule is Cc1nc(C(=O)N2CCC(C3(C(O)c4cc(Cl)cc5cn[nH]c45)CC3)CC2)cs1. The van der Waals surface area contributed by atoms with Crippen LogP contribution in [-0.4, -0.2) is 44.2 Å². The van der Waals surface area contributed by atoms with E-state index >= 15 is 0 Å². The van der Waals surface area contributed by atoms with Crippen molar-refractivity contribution in [3.8, 4) is 0 Å². The molecule has 1 saturated carbocycles. The molecule has 1 aliphatic carbocycles. The zero-order chi connectivity index (χ0) is 20.2. The number of amides is 1. The number of likely N-dealkylation sites (tertiary alicyclic amines) is 1. The topological polar surface area (TPSA) is 82.1 Å². The number of benzene rings is 1. The average molecular weight is 431 g/mol. The maximum atomic E-state index is 12.7. The molecule has 1 amide bonds. The Morgan fingerprint density at radius 3 is 2.79 bits per heavy atom. The van der Waals surface area contributed by atoms with Crippen LogP contribution in [0.1, 0.15) is 52.8 Å². The van der Waals surface area contributed by atoms with Gasteiger partial charge >= 0.3 is 0 Å². The highest BCUT2D eigenvalue weighted by Crippen LogP contribution is 2.63. The molecule has 1 unspecified atom stereocenters. The van der Waals surface area contributed by atoms with E-state index in [-0.39, 0.29) is 11.3 Å². The van der Waals surface area contributed by atoms with Crippen LogP contribution in [0.5, 0.6) is 0 Å². The van der Waals surface area contributed by atoms with E-state index in [1.165, 1.54) is 11.3 Å². The van der Waals surface area contributed by atoms with Crippen LogP contribution in [0.3, 0.4) is 0 Å². The van der Waals surface area contributed by atoms with Crippen molar-refractivity contribution in [2.24, 2.45) is 11.3 Å². The van der Waals surface area contributed by atoms with Gasteiger partial charge < -0.3 is 10.0 Å². The van der Waals surface area contributed by atoms with Crippen LogP contribution in [0, 0.1) is 18.3 Å². The van der Waals surface area contributed by atoms with Crippen molar-refractivity contribution in [3.63, 3.8) is 0 Å². The Bertz CT molecular complexity index is 1070. The number of hydrogen-bond donors (Lipinski definition) is 2. The fourth-order valence-electron chi connectivity index (χ4n) is 4.90. The Labute approximate surface area is 177 Å². The summed E-state index contributed by atoms with van der Waals surface area (Å²) in [6.07, 6.45) is 4.96. The number of halogens is 1. The van der Waals surface area contributed by atoms with Crippen molar-refractivity contribution in [2.45, 2.75) is 38.7 Å². The fourth-order valence-corrected chi connectivity index (χ4v) is 5.72. The summed E-state index contributed by atoms with van der Waals surface area (Å²) >= 11 is 7.80. The summed E-state index contributed by atoms with van der Waals surface area (Å²) in [5.41, 5.74) is 2.11. The van der Waals surface area contributed by atoms with Gasteiger partial charge in [-0.2, -0.15) is 5.10 Å². The molecule has 2 fully saturated rings. The second kappa shape index (κ2) is 7.07. The van der Waals surface area contributed by atoms with Crippen molar-refractivity contribution in [1.29, 1.82) is 0 Å². The summed E-state index contributed by atoms with van der Waals surface area (Å²) < 4.78 is 0. The normalized spacial score (nSPS) is 20.2. The van der Waals surface area contributed by atoms with Crippen molar-refractivity contribution >= 4 is 39.7 Å². The lowest BCUT2D eigenvalue weighted by molar-refractivity contribution is 0.0242. The Morgan fingerprint density at radius 1 is 1.38 bits per heavy atom. The predicted molar refractivity (Wildman–Crippen MR) is 113 cm³/mol. The third-order valence-electron chi connectivity index (χ3n) is 6.64. The van der Waals surface area contributed by atoms with Crippen molar-refractivity contribution < 1.29 is 9.90 Å². The highest BCUT2D eigenvalue weighted by Gasteiger charge is 2.55. The molecule has 1 atom stereocenters. The summed E-state index contributed by atoms with van der Waals surface area (Å²) in [6.45, 7) is 3.34. The molecular weight excluding hydrogens is 408 g/mol. The number of thiazole rings is 1. The maximum absolute atomic E-state index is 12.7. The summed E-state index contributed by atoms with van der Waals surface area (Å²) in [6, 6.07) is 3.72. The van der Waals surface area contributed by atoms with Crippen molar-refractivity contribution in [1.82, 2.24) is 20.1 Å². The van der Waals surface area contributed by atoms with Gasteiger partial charge in [0.2, 0.25) is 0 Å². The van der Waals surface area contributed by atoms with Gasteiger partial charge in [0.05, 0.1) is 22.8 Å². The van der Waals surface area contributed by atoms with E-state index in [4.69, 9.17) is 11.6 Å². The minimum atomic E-state index is -0.586. The van der Waals surface area contributed by atoms with E-state index in [2.05, 4.69) is 15.2 Å². The molecule has 6 nitrogen and oxygen atoms in total.